The third-order valence-corrected chi connectivity index (χ3v) is 4.35. The molecule has 3 rings (SSSR count). The molecule has 3 heteroatoms. The fourth-order valence-corrected chi connectivity index (χ4v) is 3.06. The van der Waals surface area contributed by atoms with E-state index in [4.69, 9.17) is 4.42 Å². The molecule has 2 heterocycles. The number of nitrogens with zero attached hydrogens (tertiary/aromatic N) is 1. The Hall–Kier alpha value is -1.58. The molecule has 1 aliphatic heterocycles. The maximum absolute atomic E-state index is 5.56. The van der Waals surface area contributed by atoms with Crippen molar-refractivity contribution >= 4 is 0 Å². The van der Waals surface area contributed by atoms with Gasteiger partial charge in [-0.05, 0) is 31.5 Å². The van der Waals surface area contributed by atoms with Crippen molar-refractivity contribution in [2.24, 2.45) is 0 Å². The second-order valence-electron chi connectivity index (χ2n) is 5.79. The van der Waals surface area contributed by atoms with E-state index >= 15 is 0 Å². The molecule has 0 aliphatic carbocycles. The smallest absolute Gasteiger partial charge is 0.120 e. The largest absolute Gasteiger partial charge is 0.468 e. The van der Waals surface area contributed by atoms with Gasteiger partial charge in [0.2, 0.25) is 0 Å². The van der Waals surface area contributed by atoms with Crippen LogP contribution < -0.4 is 5.32 Å². The van der Waals surface area contributed by atoms with Gasteiger partial charge in [-0.3, -0.25) is 4.90 Å². The van der Waals surface area contributed by atoms with Crippen LogP contribution in [-0.2, 0) is 5.54 Å². The zero-order valence-corrected chi connectivity index (χ0v) is 12.2. The number of piperazine rings is 1. The van der Waals surface area contributed by atoms with Crippen LogP contribution in [0.2, 0.25) is 0 Å². The van der Waals surface area contributed by atoms with Gasteiger partial charge in [0.15, 0.2) is 0 Å². The molecule has 1 N–H and O–H groups in total. The number of rotatable bonds is 3. The molecule has 2 aromatic rings. The lowest BCUT2D eigenvalue weighted by Crippen LogP contribution is -2.56. The summed E-state index contributed by atoms with van der Waals surface area (Å²) in [4.78, 5) is 2.49. The van der Waals surface area contributed by atoms with E-state index < -0.39 is 0 Å². The van der Waals surface area contributed by atoms with E-state index in [0.29, 0.717) is 6.04 Å². The Balaban J connectivity index is 1.80. The van der Waals surface area contributed by atoms with E-state index in [2.05, 4.69) is 60.5 Å². The third kappa shape index (κ3) is 2.51. The lowest BCUT2D eigenvalue weighted by atomic mass is 9.89. The summed E-state index contributed by atoms with van der Waals surface area (Å²) < 4.78 is 5.56. The van der Waals surface area contributed by atoms with Crippen LogP contribution in [0.3, 0.4) is 0 Å². The molecule has 20 heavy (non-hydrogen) atoms. The highest BCUT2D eigenvalue weighted by Crippen LogP contribution is 2.29. The minimum atomic E-state index is 0.000360. The second-order valence-corrected chi connectivity index (χ2v) is 5.79. The van der Waals surface area contributed by atoms with Crippen molar-refractivity contribution < 1.29 is 4.42 Å². The monoisotopic (exact) mass is 270 g/mol. The molecule has 2 unspecified atom stereocenters. The molecule has 0 radical (unpaired) electrons. The number of benzene rings is 1. The summed E-state index contributed by atoms with van der Waals surface area (Å²) in [5.41, 5.74) is 1.34. The molecule has 1 aromatic carbocycles. The van der Waals surface area contributed by atoms with Gasteiger partial charge in [-0.1, -0.05) is 30.3 Å². The van der Waals surface area contributed by atoms with Crippen LogP contribution >= 0.6 is 0 Å². The summed E-state index contributed by atoms with van der Waals surface area (Å²) in [6.45, 7) is 7.53. The minimum absolute atomic E-state index is 0.000360. The summed E-state index contributed by atoms with van der Waals surface area (Å²) in [6.07, 6.45) is 1.75. The zero-order valence-electron chi connectivity index (χ0n) is 12.2. The van der Waals surface area contributed by atoms with Gasteiger partial charge in [0.25, 0.3) is 0 Å². The van der Waals surface area contributed by atoms with Gasteiger partial charge in [-0.25, -0.2) is 0 Å². The molecular weight excluding hydrogens is 248 g/mol. The average molecular weight is 270 g/mol. The predicted molar refractivity (Wildman–Crippen MR) is 80.5 cm³/mol. The normalized spacial score (nSPS) is 25.5. The molecule has 3 nitrogen and oxygen atoms in total. The van der Waals surface area contributed by atoms with Crippen LogP contribution in [-0.4, -0.2) is 24.5 Å². The van der Waals surface area contributed by atoms with Crippen LogP contribution in [0, 0.1) is 0 Å². The highest BCUT2D eigenvalue weighted by molar-refractivity contribution is 5.25. The summed E-state index contributed by atoms with van der Waals surface area (Å²) >= 11 is 0. The Labute approximate surface area is 120 Å². The first-order valence-electron chi connectivity index (χ1n) is 7.27. The molecule has 1 aliphatic rings. The van der Waals surface area contributed by atoms with E-state index in [0.717, 1.165) is 25.4 Å². The molecule has 0 bridgehead atoms. The van der Waals surface area contributed by atoms with Crippen LogP contribution in [0.15, 0.2) is 53.1 Å². The lowest BCUT2D eigenvalue weighted by molar-refractivity contribution is 0.0963. The van der Waals surface area contributed by atoms with E-state index in [1.165, 1.54) is 5.56 Å². The van der Waals surface area contributed by atoms with Gasteiger partial charge in [0.1, 0.15) is 5.76 Å². The molecule has 0 amide bonds. The first-order chi connectivity index (χ1) is 9.69. The number of hydrogen-bond acceptors (Lipinski definition) is 3. The van der Waals surface area contributed by atoms with E-state index in [1.807, 2.05) is 6.07 Å². The van der Waals surface area contributed by atoms with Crippen LogP contribution in [0.4, 0.5) is 0 Å². The Morgan fingerprint density at radius 3 is 2.70 bits per heavy atom. The fraction of sp³-hybridized carbons (Fsp3) is 0.412. The summed E-state index contributed by atoms with van der Waals surface area (Å²) in [7, 11) is 0. The highest BCUT2D eigenvalue weighted by atomic mass is 16.3. The molecule has 0 saturated carbocycles. The maximum atomic E-state index is 5.56. The van der Waals surface area contributed by atoms with Crippen molar-refractivity contribution in [1.29, 1.82) is 0 Å². The summed E-state index contributed by atoms with van der Waals surface area (Å²) in [5, 5.41) is 3.67. The van der Waals surface area contributed by atoms with Gasteiger partial charge >= 0.3 is 0 Å². The Morgan fingerprint density at radius 2 is 2.00 bits per heavy atom. The number of furan rings is 1. The topological polar surface area (TPSA) is 28.4 Å². The zero-order chi connectivity index (χ0) is 14.0. The minimum Gasteiger partial charge on any atom is -0.468 e. The molecule has 2 atom stereocenters. The lowest BCUT2D eigenvalue weighted by Gasteiger charge is -2.43. The Bertz CT molecular complexity index is 537. The highest BCUT2D eigenvalue weighted by Gasteiger charge is 2.34. The van der Waals surface area contributed by atoms with Crippen molar-refractivity contribution in [3.05, 3.63) is 60.1 Å². The Kier molecular flexibility index (Phi) is 3.64. The maximum Gasteiger partial charge on any atom is 0.120 e. The number of hydrogen-bond donors (Lipinski definition) is 1. The molecule has 1 aromatic heterocycles. The van der Waals surface area contributed by atoms with Crippen molar-refractivity contribution in [3.8, 4) is 0 Å². The van der Waals surface area contributed by atoms with Gasteiger partial charge < -0.3 is 9.73 Å². The standard InChI is InChI=1S/C17H22N2O/c1-14(16-9-6-12-20-16)19-11-10-18-17(2,13-19)15-7-4-3-5-8-15/h3-9,12,14,18H,10-11,13H2,1-2H3. The van der Waals surface area contributed by atoms with Crippen molar-refractivity contribution in [1.82, 2.24) is 10.2 Å². The van der Waals surface area contributed by atoms with Gasteiger partial charge in [0.05, 0.1) is 17.8 Å². The van der Waals surface area contributed by atoms with Gasteiger partial charge in [0, 0.05) is 19.6 Å². The first kappa shape index (κ1) is 13.4. The molecule has 1 saturated heterocycles. The van der Waals surface area contributed by atoms with E-state index in [1.54, 1.807) is 6.26 Å². The van der Waals surface area contributed by atoms with Crippen molar-refractivity contribution in [3.63, 3.8) is 0 Å². The number of nitrogens with one attached hydrogen (secondary N) is 1. The van der Waals surface area contributed by atoms with Gasteiger partial charge in [-0.15, -0.1) is 0 Å². The first-order valence-corrected chi connectivity index (χ1v) is 7.27. The van der Waals surface area contributed by atoms with Crippen LogP contribution in [0.1, 0.15) is 31.2 Å². The van der Waals surface area contributed by atoms with Crippen LogP contribution in [0.5, 0.6) is 0 Å². The predicted octanol–water partition coefficient (Wildman–Crippen LogP) is 3.16. The molecule has 1 fully saturated rings. The van der Waals surface area contributed by atoms with E-state index in [-0.39, 0.29) is 5.54 Å². The van der Waals surface area contributed by atoms with Crippen molar-refractivity contribution in [2.45, 2.75) is 25.4 Å². The van der Waals surface area contributed by atoms with Gasteiger partial charge in [-0.2, -0.15) is 0 Å². The summed E-state index contributed by atoms with van der Waals surface area (Å²) in [5.74, 6) is 1.04. The SMILES string of the molecule is CC(c1ccco1)N1CCNC(C)(c2ccccc2)C1. The van der Waals surface area contributed by atoms with Crippen molar-refractivity contribution in [2.75, 3.05) is 19.6 Å². The fourth-order valence-electron chi connectivity index (χ4n) is 3.06. The second kappa shape index (κ2) is 5.43. The molecule has 106 valence electrons. The van der Waals surface area contributed by atoms with Crippen LogP contribution in [0.25, 0.3) is 0 Å². The molecule has 0 spiro atoms. The summed E-state index contributed by atoms with van der Waals surface area (Å²) in [6, 6.07) is 15.0. The van der Waals surface area contributed by atoms with E-state index in [9.17, 15) is 0 Å². The average Bonchev–Trinajstić information content (AvgIpc) is 3.02. The quantitative estimate of drug-likeness (QED) is 0.928. The molecular formula is C17H22N2O. The third-order valence-electron chi connectivity index (χ3n) is 4.35. The Morgan fingerprint density at radius 1 is 1.20 bits per heavy atom.